The molecular weight excluding hydrogens is 446 g/mol. The Morgan fingerprint density at radius 1 is 1.12 bits per heavy atom. The van der Waals surface area contributed by atoms with E-state index in [1.165, 1.54) is 14.0 Å². The maximum atomic E-state index is 13.2. The summed E-state index contributed by atoms with van der Waals surface area (Å²) in [6.07, 6.45) is -0.214. The zero-order valence-electron chi connectivity index (χ0n) is 20.4. The van der Waals surface area contributed by atoms with E-state index in [4.69, 9.17) is 9.47 Å². The summed E-state index contributed by atoms with van der Waals surface area (Å²) < 4.78 is 15.8. The van der Waals surface area contributed by atoms with Gasteiger partial charge in [0, 0.05) is 13.0 Å². The molecule has 0 aromatic carbocycles. The molecule has 5 atom stereocenters. The molecule has 11 nitrogen and oxygen atoms in total. The number of likely N-dealkylation sites (tertiary alicyclic amines) is 1. The summed E-state index contributed by atoms with van der Waals surface area (Å²) in [6, 6.07) is -2.13. The monoisotopic (exact) mass is 481 g/mol. The smallest absolute Gasteiger partial charge is 0.340 e. The second-order valence-corrected chi connectivity index (χ2v) is 8.95. The summed E-state index contributed by atoms with van der Waals surface area (Å²) in [7, 11) is 1.23. The number of hydrogen-bond acceptors (Lipinski definition) is 8. The molecule has 3 amide bonds. The SMILES string of the molecule is C=C1OC(=O)[C@H](C(C)C)O[C@@H]1[C@@H]1CCCN1C(=O)[C@H](C)NC(=O)[C@H](C)NC(=O)CCC(=O)OC. The average molecular weight is 482 g/mol. The van der Waals surface area contributed by atoms with Crippen molar-refractivity contribution in [1.29, 1.82) is 0 Å². The van der Waals surface area contributed by atoms with Crippen molar-refractivity contribution < 1.29 is 38.2 Å². The van der Waals surface area contributed by atoms with Crippen LogP contribution in [0.5, 0.6) is 0 Å². The minimum Gasteiger partial charge on any atom is -0.469 e. The molecule has 0 bridgehead atoms. The van der Waals surface area contributed by atoms with E-state index >= 15 is 0 Å². The minimum atomic E-state index is -0.901. The van der Waals surface area contributed by atoms with Crippen LogP contribution in [0.2, 0.25) is 0 Å². The normalized spacial score (nSPS) is 24.3. The second-order valence-electron chi connectivity index (χ2n) is 8.95. The van der Waals surface area contributed by atoms with E-state index in [1.54, 1.807) is 11.8 Å². The van der Waals surface area contributed by atoms with Crippen LogP contribution in [0.15, 0.2) is 12.3 Å². The van der Waals surface area contributed by atoms with Gasteiger partial charge in [-0.25, -0.2) is 4.79 Å². The first-order valence-corrected chi connectivity index (χ1v) is 11.5. The molecule has 2 heterocycles. The number of nitrogens with one attached hydrogen (secondary N) is 2. The van der Waals surface area contributed by atoms with Gasteiger partial charge >= 0.3 is 11.9 Å². The molecule has 0 unspecified atom stereocenters. The highest BCUT2D eigenvalue weighted by Crippen LogP contribution is 2.32. The standard InChI is InChI=1S/C23H35N3O8/c1-12(2)19-23(31)33-15(5)20(34-19)16-8-7-11-26(16)22(30)14(4)25-21(29)13(3)24-17(27)9-10-18(28)32-6/h12-14,16,19-20H,5,7-11H2,1-4,6H3,(H,24,27)(H,25,29)/t13-,14-,16-,19-,20-/m0/s1. The molecule has 34 heavy (non-hydrogen) atoms. The van der Waals surface area contributed by atoms with E-state index in [1.807, 2.05) is 13.8 Å². The van der Waals surface area contributed by atoms with E-state index < -0.39 is 48.0 Å². The van der Waals surface area contributed by atoms with Crippen LogP contribution in [0.4, 0.5) is 0 Å². The summed E-state index contributed by atoms with van der Waals surface area (Å²) in [5.41, 5.74) is 0. The highest BCUT2D eigenvalue weighted by molar-refractivity contribution is 5.92. The molecule has 2 rings (SSSR count). The molecule has 0 aliphatic carbocycles. The Bertz CT molecular complexity index is 827. The van der Waals surface area contributed by atoms with Crippen molar-refractivity contribution in [3.05, 3.63) is 12.3 Å². The lowest BCUT2D eigenvalue weighted by atomic mass is 10.0. The predicted molar refractivity (Wildman–Crippen MR) is 120 cm³/mol. The highest BCUT2D eigenvalue weighted by Gasteiger charge is 2.45. The topological polar surface area (TPSA) is 140 Å². The van der Waals surface area contributed by atoms with Gasteiger partial charge in [-0.2, -0.15) is 0 Å². The van der Waals surface area contributed by atoms with Gasteiger partial charge in [-0.1, -0.05) is 20.4 Å². The number of esters is 2. The molecule has 2 N–H and O–H groups in total. The zero-order chi connectivity index (χ0) is 25.6. The van der Waals surface area contributed by atoms with Crippen LogP contribution >= 0.6 is 0 Å². The van der Waals surface area contributed by atoms with Gasteiger partial charge < -0.3 is 29.7 Å². The Hall–Kier alpha value is -2.95. The number of ether oxygens (including phenoxy) is 3. The molecule has 2 aliphatic heterocycles. The molecule has 0 aromatic rings. The van der Waals surface area contributed by atoms with Gasteiger partial charge in [-0.15, -0.1) is 0 Å². The van der Waals surface area contributed by atoms with E-state index in [9.17, 15) is 24.0 Å². The third-order valence-electron chi connectivity index (χ3n) is 5.90. The Morgan fingerprint density at radius 2 is 1.79 bits per heavy atom. The number of rotatable bonds is 9. The number of carbonyl (C=O) groups excluding carboxylic acids is 5. The molecular formula is C23H35N3O8. The van der Waals surface area contributed by atoms with Gasteiger partial charge in [0.15, 0.2) is 6.10 Å². The summed E-state index contributed by atoms with van der Waals surface area (Å²) in [5.74, 6) is -2.26. The number of carbonyl (C=O) groups is 5. The van der Waals surface area contributed by atoms with Crippen molar-refractivity contribution in [2.24, 2.45) is 5.92 Å². The predicted octanol–water partition coefficient (Wildman–Crippen LogP) is 0.420. The van der Waals surface area contributed by atoms with Crippen LogP contribution < -0.4 is 10.6 Å². The fraction of sp³-hybridized carbons (Fsp3) is 0.696. The first-order valence-electron chi connectivity index (χ1n) is 11.5. The lowest BCUT2D eigenvalue weighted by Crippen LogP contribution is -2.56. The van der Waals surface area contributed by atoms with Gasteiger partial charge in [-0.05, 0) is 32.6 Å². The summed E-state index contributed by atoms with van der Waals surface area (Å²) >= 11 is 0. The van der Waals surface area contributed by atoms with Crippen LogP contribution in [0.1, 0.15) is 53.4 Å². The van der Waals surface area contributed by atoms with Crippen molar-refractivity contribution in [3.63, 3.8) is 0 Å². The van der Waals surface area contributed by atoms with Gasteiger partial charge in [0.25, 0.3) is 0 Å². The van der Waals surface area contributed by atoms with Crippen molar-refractivity contribution in [3.8, 4) is 0 Å². The van der Waals surface area contributed by atoms with Gasteiger partial charge in [0.05, 0.1) is 19.6 Å². The molecule has 0 spiro atoms. The largest absolute Gasteiger partial charge is 0.469 e. The molecule has 2 aliphatic rings. The minimum absolute atomic E-state index is 0.0938. The second kappa shape index (κ2) is 12.0. The number of amides is 3. The molecule has 0 radical (unpaired) electrons. The number of methoxy groups -OCH3 is 1. The molecule has 0 saturated carbocycles. The van der Waals surface area contributed by atoms with E-state index in [-0.39, 0.29) is 36.5 Å². The lowest BCUT2D eigenvalue weighted by Gasteiger charge is -2.39. The molecule has 0 aromatic heterocycles. The van der Waals surface area contributed by atoms with Crippen molar-refractivity contribution in [2.75, 3.05) is 13.7 Å². The average Bonchev–Trinajstić information content (AvgIpc) is 3.25. The summed E-state index contributed by atoms with van der Waals surface area (Å²) in [6.45, 7) is 11.0. The van der Waals surface area contributed by atoms with E-state index in [0.29, 0.717) is 13.0 Å². The fourth-order valence-electron chi connectivity index (χ4n) is 4.00. The third kappa shape index (κ3) is 6.78. The van der Waals surface area contributed by atoms with Crippen LogP contribution in [-0.2, 0) is 38.2 Å². The lowest BCUT2D eigenvalue weighted by molar-refractivity contribution is -0.181. The number of nitrogens with zero attached hydrogens (tertiary/aromatic N) is 1. The number of hydrogen-bond donors (Lipinski definition) is 2. The summed E-state index contributed by atoms with van der Waals surface area (Å²) in [5, 5.41) is 5.12. The number of cyclic esters (lactones) is 1. The molecule has 2 fully saturated rings. The maximum Gasteiger partial charge on any atom is 0.340 e. The van der Waals surface area contributed by atoms with E-state index in [0.717, 1.165) is 6.42 Å². The Kier molecular flexibility index (Phi) is 9.60. The van der Waals surface area contributed by atoms with E-state index in [2.05, 4.69) is 21.9 Å². The van der Waals surface area contributed by atoms with Crippen molar-refractivity contribution in [1.82, 2.24) is 15.5 Å². The van der Waals surface area contributed by atoms with Crippen molar-refractivity contribution >= 4 is 29.7 Å². The van der Waals surface area contributed by atoms with Crippen LogP contribution in [0, 0.1) is 5.92 Å². The molecule has 2 saturated heterocycles. The van der Waals surface area contributed by atoms with Gasteiger partial charge in [-0.3, -0.25) is 19.2 Å². The Labute approximate surface area is 199 Å². The Morgan fingerprint density at radius 3 is 2.41 bits per heavy atom. The maximum absolute atomic E-state index is 13.2. The third-order valence-corrected chi connectivity index (χ3v) is 5.90. The highest BCUT2D eigenvalue weighted by atomic mass is 16.6. The Balaban J connectivity index is 1.95. The fourth-order valence-corrected chi connectivity index (χ4v) is 4.00. The van der Waals surface area contributed by atoms with Gasteiger partial charge in [0.1, 0.15) is 23.9 Å². The van der Waals surface area contributed by atoms with Gasteiger partial charge in [0.2, 0.25) is 17.7 Å². The molecule has 190 valence electrons. The summed E-state index contributed by atoms with van der Waals surface area (Å²) in [4.78, 5) is 62.4. The van der Waals surface area contributed by atoms with Crippen molar-refractivity contribution in [2.45, 2.75) is 83.7 Å². The van der Waals surface area contributed by atoms with Crippen LogP contribution in [-0.4, -0.2) is 78.5 Å². The first kappa shape index (κ1) is 27.3. The zero-order valence-corrected chi connectivity index (χ0v) is 20.4. The van der Waals surface area contributed by atoms with Crippen LogP contribution in [0.3, 0.4) is 0 Å². The first-order chi connectivity index (χ1) is 16.0. The quantitative estimate of drug-likeness (QED) is 0.452. The van der Waals surface area contributed by atoms with Crippen LogP contribution in [0.25, 0.3) is 0 Å². The molecule has 11 heteroatoms.